The van der Waals surface area contributed by atoms with Crippen molar-refractivity contribution in [1.82, 2.24) is 14.8 Å². The second-order valence-corrected chi connectivity index (χ2v) is 5.56. The van der Waals surface area contributed by atoms with E-state index < -0.39 is 12.7 Å². The van der Waals surface area contributed by atoms with Crippen LogP contribution in [-0.2, 0) is 0 Å². The normalized spacial score (nSPS) is 19.0. The van der Waals surface area contributed by atoms with Gasteiger partial charge in [0.15, 0.2) is 0 Å². The first-order valence-electron chi connectivity index (χ1n) is 7.38. The molecule has 0 spiro atoms. The van der Waals surface area contributed by atoms with E-state index in [1.165, 1.54) is 4.90 Å². The van der Waals surface area contributed by atoms with Gasteiger partial charge in [-0.2, -0.15) is 13.2 Å². The fraction of sp³-hybridized carbons (Fsp3) is 0.600. The number of halogens is 3. The largest absolute Gasteiger partial charge is 0.401 e. The summed E-state index contributed by atoms with van der Waals surface area (Å²) in [5.74, 6) is -0.0723. The number of amides is 1. The summed E-state index contributed by atoms with van der Waals surface area (Å²) < 4.78 is 37.4. The Balaban J connectivity index is 1.88. The molecule has 0 N–H and O–H groups in total. The third-order valence-corrected chi connectivity index (χ3v) is 3.82. The van der Waals surface area contributed by atoms with Crippen LogP contribution in [0.2, 0.25) is 0 Å². The van der Waals surface area contributed by atoms with E-state index in [-0.39, 0.29) is 11.8 Å². The highest BCUT2D eigenvalue weighted by Gasteiger charge is 2.33. The molecule has 1 aliphatic rings. The maximum absolute atomic E-state index is 12.5. The van der Waals surface area contributed by atoms with Crippen LogP contribution < -0.4 is 0 Å². The Kier molecular flexibility index (Phi) is 5.39. The number of nitrogens with zero attached hydrogens (tertiary/aromatic N) is 3. The fourth-order valence-electron chi connectivity index (χ4n) is 2.74. The van der Waals surface area contributed by atoms with Crippen LogP contribution in [0.3, 0.4) is 0 Å². The summed E-state index contributed by atoms with van der Waals surface area (Å²) in [4.78, 5) is 19.3. The highest BCUT2D eigenvalue weighted by Crippen LogP contribution is 2.22. The lowest BCUT2D eigenvalue weighted by molar-refractivity contribution is -0.146. The predicted molar refractivity (Wildman–Crippen MR) is 76.4 cm³/mol. The molecule has 2 rings (SSSR count). The summed E-state index contributed by atoms with van der Waals surface area (Å²) in [6, 6.07) is 5.13. The summed E-state index contributed by atoms with van der Waals surface area (Å²) in [7, 11) is 0. The first kappa shape index (κ1) is 16.7. The van der Waals surface area contributed by atoms with Gasteiger partial charge in [-0.1, -0.05) is 13.0 Å². The number of hydrogen-bond acceptors (Lipinski definition) is 3. The van der Waals surface area contributed by atoms with Crippen molar-refractivity contribution in [2.75, 3.05) is 32.7 Å². The molecular weight excluding hydrogens is 295 g/mol. The Hall–Kier alpha value is -1.63. The van der Waals surface area contributed by atoms with Crippen LogP contribution in [0.1, 0.15) is 23.8 Å². The summed E-state index contributed by atoms with van der Waals surface area (Å²) in [6.45, 7) is 2.60. The van der Waals surface area contributed by atoms with Gasteiger partial charge in [-0.3, -0.25) is 14.7 Å². The van der Waals surface area contributed by atoms with E-state index in [0.29, 0.717) is 31.9 Å². The Morgan fingerprint density at radius 1 is 1.45 bits per heavy atom. The van der Waals surface area contributed by atoms with Crippen molar-refractivity contribution in [1.29, 1.82) is 0 Å². The number of hydrogen-bond donors (Lipinski definition) is 0. The number of rotatable bonds is 5. The van der Waals surface area contributed by atoms with Gasteiger partial charge in [-0.15, -0.1) is 0 Å². The molecule has 22 heavy (non-hydrogen) atoms. The third-order valence-electron chi connectivity index (χ3n) is 3.82. The van der Waals surface area contributed by atoms with Gasteiger partial charge in [-0.25, -0.2) is 0 Å². The van der Waals surface area contributed by atoms with E-state index in [9.17, 15) is 18.0 Å². The average Bonchev–Trinajstić information content (AvgIpc) is 2.93. The number of alkyl halides is 3. The maximum atomic E-state index is 12.5. The molecule has 1 aromatic rings. The van der Waals surface area contributed by atoms with E-state index in [1.807, 2.05) is 0 Å². The van der Waals surface area contributed by atoms with Crippen LogP contribution in [0, 0.1) is 5.92 Å². The van der Waals surface area contributed by atoms with Crippen LogP contribution >= 0.6 is 0 Å². The number of carbonyl (C=O) groups excluding carboxylic acids is 1. The summed E-state index contributed by atoms with van der Waals surface area (Å²) in [5, 5.41) is 0. The Bertz CT molecular complexity index is 493. The number of likely N-dealkylation sites (tertiary alicyclic amines) is 1. The molecule has 0 unspecified atom stereocenters. The molecule has 122 valence electrons. The molecule has 0 saturated carbocycles. The zero-order valence-corrected chi connectivity index (χ0v) is 12.5. The fourth-order valence-corrected chi connectivity index (χ4v) is 2.74. The molecule has 2 heterocycles. The van der Waals surface area contributed by atoms with E-state index >= 15 is 0 Å². The van der Waals surface area contributed by atoms with Gasteiger partial charge in [0.25, 0.3) is 5.91 Å². The highest BCUT2D eigenvalue weighted by molar-refractivity contribution is 5.92. The molecule has 7 heteroatoms. The van der Waals surface area contributed by atoms with Crippen molar-refractivity contribution in [3.05, 3.63) is 30.1 Å². The van der Waals surface area contributed by atoms with Crippen LogP contribution in [-0.4, -0.2) is 59.6 Å². The van der Waals surface area contributed by atoms with Crippen LogP contribution in [0.5, 0.6) is 0 Å². The molecular formula is C15H20F3N3O. The van der Waals surface area contributed by atoms with Gasteiger partial charge in [0.05, 0.1) is 6.54 Å². The molecule has 0 aromatic carbocycles. The summed E-state index contributed by atoms with van der Waals surface area (Å²) >= 11 is 0. The van der Waals surface area contributed by atoms with Crippen molar-refractivity contribution in [2.24, 2.45) is 5.92 Å². The van der Waals surface area contributed by atoms with Crippen molar-refractivity contribution in [2.45, 2.75) is 19.5 Å². The molecule has 1 aliphatic heterocycles. The second-order valence-electron chi connectivity index (χ2n) is 5.56. The van der Waals surface area contributed by atoms with Gasteiger partial charge in [0.2, 0.25) is 0 Å². The van der Waals surface area contributed by atoms with Gasteiger partial charge >= 0.3 is 6.18 Å². The van der Waals surface area contributed by atoms with E-state index in [2.05, 4.69) is 4.98 Å². The van der Waals surface area contributed by atoms with Gasteiger partial charge in [-0.05, 0) is 31.0 Å². The minimum absolute atomic E-state index is 0.0787. The smallest absolute Gasteiger partial charge is 0.337 e. The Morgan fingerprint density at radius 2 is 2.23 bits per heavy atom. The SMILES string of the molecule is CCN(C[C@H]1CCN(C(=O)c2ccccn2)C1)CC(F)(F)F. The van der Waals surface area contributed by atoms with Crippen LogP contribution in [0.15, 0.2) is 24.4 Å². The second kappa shape index (κ2) is 7.09. The van der Waals surface area contributed by atoms with E-state index in [1.54, 1.807) is 36.2 Å². The Morgan fingerprint density at radius 3 is 2.82 bits per heavy atom. The molecule has 1 saturated heterocycles. The molecule has 0 radical (unpaired) electrons. The topological polar surface area (TPSA) is 36.4 Å². The Labute approximate surface area is 127 Å². The standard InChI is InChI=1S/C15H20F3N3O/c1-2-20(11-15(16,17)18)9-12-6-8-21(10-12)14(22)13-5-3-4-7-19-13/h3-5,7,12H,2,6,8-11H2,1H3/t12-/m1/s1. The van der Waals surface area contributed by atoms with E-state index in [0.717, 1.165) is 6.42 Å². The molecule has 1 amide bonds. The molecule has 0 bridgehead atoms. The minimum Gasteiger partial charge on any atom is -0.337 e. The average molecular weight is 315 g/mol. The van der Waals surface area contributed by atoms with Crippen LogP contribution in [0.4, 0.5) is 13.2 Å². The lowest BCUT2D eigenvalue weighted by Crippen LogP contribution is -2.38. The van der Waals surface area contributed by atoms with Gasteiger partial charge in [0.1, 0.15) is 5.69 Å². The lowest BCUT2D eigenvalue weighted by Gasteiger charge is -2.25. The quantitative estimate of drug-likeness (QED) is 0.837. The summed E-state index contributed by atoms with van der Waals surface area (Å²) in [5.41, 5.74) is 0.380. The maximum Gasteiger partial charge on any atom is 0.401 e. The minimum atomic E-state index is -4.18. The third kappa shape index (κ3) is 4.69. The zero-order valence-electron chi connectivity index (χ0n) is 12.5. The summed E-state index contributed by atoms with van der Waals surface area (Å²) in [6.07, 6.45) is -1.89. The van der Waals surface area contributed by atoms with Crippen molar-refractivity contribution in [3.63, 3.8) is 0 Å². The van der Waals surface area contributed by atoms with Crippen molar-refractivity contribution < 1.29 is 18.0 Å². The molecule has 1 atom stereocenters. The highest BCUT2D eigenvalue weighted by atomic mass is 19.4. The number of aromatic nitrogens is 1. The van der Waals surface area contributed by atoms with Crippen molar-refractivity contribution >= 4 is 5.91 Å². The first-order chi connectivity index (χ1) is 10.4. The van der Waals surface area contributed by atoms with Crippen molar-refractivity contribution in [3.8, 4) is 0 Å². The van der Waals surface area contributed by atoms with Gasteiger partial charge in [0, 0.05) is 25.8 Å². The number of carbonyl (C=O) groups is 1. The molecule has 4 nitrogen and oxygen atoms in total. The lowest BCUT2D eigenvalue weighted by atomic mass is 10.1. The number of pyridine rings is 1. The molecule has 1 fully saturated rings. The van der Waals surface area contributed by atoms with Crippen LogP contribution in [0.25, 0.3) is 0 Å². The van der Waals surface area contributed by atoms with Gasteiger partial charge < -0.3 is 4.90 Å². The first-order valence-corrected chi connectivity index (χ1v) is 7.38. The van der Waals surface area contributed by atoms with E-state index in [4.69, 9.17) is 0 Å². The predicted octanol–water partition coefficient (Wildman–Crippen LogP) is 2.43. The molecule has 0 aliphatic carbocycles. The molecule has 1 aromatic heterocycles. The zero-order chi connectivity index (χ0) is 16.2. The monoisotopic (exact) mass is 315 g/mol.